The SMILES string of the molecule is C=CCN(C(=O)C(CC(C)C)NC(=O)OC(C)(C)C)C(C(=O)NCCCCC)c1ccc(CC)cc1. The molecule has 0 radical (unpaired) electrons. The summed E-state index contributed by atoms with van der Waals surface area (Å²) in [5.41, 5.74) is 1.17. The van der Waals surface area contributed by atoms with E-state index in [1.54, 1.807) is 26.8 Å². The van der Waals surface area contributed by atoms with E-state index in [4.69, 9.17) is 4.74 Å². The largest absolute Gasteiger partial charge is 0.444 e. The summed E-state index contributed by atoms with van der Waals surface area (Å²) in [6.45, 7) is 18.0. The van der Waals surface area contributed by atoms with E-state index < -0.39 is 23.8 Å². The van der Waals surface area contributed by atoms with Crippen LogP contribution in [0.3, 0.4) is 0 Å². The number of hydrogen-bond donors (Lipinski definition) is 2. The fourth-order valence-electron chi connectivity index (χ4n) is 3.90. The molecule has 0 aliphatic heterocycles. The van der Waals surface area contributed by atoms with Gasteiger partial charge in [0.1, 0.15) is 17.7 Å². The van der Waals surface area contributed by atoms with E-state index in [1.165, 1.54) is 4.90 Å². The molecule has 0 aliphatic rings. The average Bonchev–Trinajstić information content (AvgIpc) is 2.79. The fraction of sp³-hybridized carbons (Fsp3) is 0.621. The van der Waals surface area contributed by atoms with Crippen LogP contribution in [0, 0.1) is 5.92 Å². The minimum Gasteiger partial charge on any atom is -0.444 e. The number of nitrogens with one attached hydrogen (secondary N) is 2. The van der Waals surface area contributed by atoms with Crippen molar-refractivity contribution in [1.29, 1.82) is 0 Å². The number of nitrogens with zero attached hydrogens (tertiary/aromatic N) is 1. The Labute approximate surface area is 218 Å². The summed E-state index contributed by atoms with van der Waals surface area (Å²) >= 11 is 0. The summed E-state index contributed by atoms with van der Waals surface area (Å²) in [6.07, 6.45) is 5.16. The molecule has 202 valence electrons. The Morgan fingerprint density at radius 3 is 2.22 bits per heavy atom. The van der Waals surface area contributed by atoms with Crippen molar-refractivity contribution in [2.75, 3.05) is 13.1 Å². The van der Waals surface area contributed by atoms with Gasteiger partial charge in [0.15, 0.2) is 0 Å². The van der Waals surface area contributed by atoms with E-state index in [0.29, 0.717) is 13.0 Å². The van der Waals surface area contributed by atoms with E-state index >= 15 is 0 Å². The Morgan fingerprint density at radius 1 is 1.08 bits per heavy atom. The van der Waals surface area contributed by atoms with E-state index in [2.05, 4.69) is 31.1 Å². The first-order valence-electron chi connectivity index (χ1n) is 13.2. The van der Waals surface area contributed by atoms with Gasteiger partial charge in [-0.3, -0.25) is 9.59 Å². The molecule has 0 fully saturated rings. The van der Waals surface area contributed by atoms with Crippen molar-refractivity contribution in [3.8, 4) is 0 Å². The predicted octanol–water partition coefficient (Wildman–Crippen LogP) is 5.55. The number of alkyl carbamates (subject to hydrolysis) is 1. The summed E-state index contributed by atoms with van der Waals surface area (Å²) in [7, 11) is 0. The Morgan fingerprint density at radius 2 is 1.72 bits per heavy atom. The van der Waals surface area contributed by atoms with Gasteiger partial charge in [-0.25, -0.2) is 4.79 Å². The monoisotopic (exact) mass is 501 g/mol. The second kappa shape index (κ2) is 15.3. The molecular weight excluding hydrogens is 454 g/mol. The van der Waals surface area contributed by atoms with Crippen LogP contribution in [0.5, 0.6) is 0 Å². The zero-order chi connectivity index (χ0) is 27.3. The molecule has 0 spiro atoms. The van der Waals surface area contributed by atoms with Gasteiger partial charge in [0.05, 0.1) is 0 Å². The van der Waals surface area contributed by atoms with E-state index in [9.17, 15) is 14.4 Å². The molecular formula is C29H47N3O4. The molecule has 0 heterocycles. The van der Waals surface area contributed by atoms with Gasteiger partial charge in [0, 0.05) is 13.1 Å². The molecule has 3 amide bonds. The normalized spacial score (nSPS) is 13.0. The number of carbonyl (C=O) groups is 3. The number of ether oxygens (including phenoxy) is 1. The summed E-state index contributed by atoms with van der Waals surface area (Å²) in [4.78, 5) is 41.5. The topological polar surface area (TPSA) is 87.7 Å². The second-order valence-electron chi connectivity index (χ2n) is 10.6. The Balaban J connectivity index is 3.37. The van der Waals surface area contributed by atoms with Crippen molar-refractivity contribution in [1.82, 2.24) is 15.5 Å². The second-order valence-corrected chi connectivity index (χ2v) is 10.6. The van der Waals surface area contributed by atoms with Gasteiger partial charge in [-0.2, -0.15) is 0 Å². The quantitative estimate of drug-likeness (QED) is 0.258. The molecule has 1 aromatic rings. The van der Waals surface area contributed by atoms with Gasteiger partial charge in [-0.1, -0.05) is 70.9 Å². The van der Waals surface area contributed by atoms with Crippen LogP contribution in [-0.2, 0) is 20.7 Å². The molecule has 7 nitrogen and oxygen atoms in total. The van der Waals surface area contributed by atoms with Crippen LogP contribution in [0.1, 0.15) is 91.3 Å². The first-order valence-corrected chi connectivity index (χ1v) is 13.2. The lowest BCUT2D eigenvalue weighted by atomic mass is 9.98. The third-order valence-electron chi connectivity index (χ3n) is 5.65. The zero-order valence-electron chi connectivity index (χ0n) is 23.4. The third-order valence-corrected chi connectivity index (χ3v) is 5.65. The Bertz CT molecular complexity index is 843. The van der Waals surface area contributed by atoms with Crippen LogP contribution in [0.15, 0.2) is 36.9 Å². The molecule has 1 rings (SSSR count). The zero-order valence-corrected chi connectivity index (χ0v) is 23.4. The van der Waals surface area contributed by atoms with Crippen LogP contribution in [0.4, 0.5) is 4.79 Å². The standard InChI is InChI=1S/C29H47N3O4/c1-9-12-13-18-30-26(33)25(23-16-14-22(11-3)15-17-23)32(19-10-2)27(34)24(20-21(4)5)31-28(35)36-29(6,7)8/h10,14-17,21,24-25H,2,9,11-13,18-20H2,1,3-8H3,(H,30,33)(H,31,35). The van der Waals surface area contributed by atoms with Crippen LogP contribution in [0.25, 0.3) is 0 Å². The lowest BCUT2D eigenvalue weighted by Crippen LogP contribution is -2.53. The fourth-order valence-corrected chi connectivity index (χ4v) is 3.90. The maximum atomic E-state index is 13.9. The van der Waals surface area contributed by atoms with Crippen molar-refractivity contribution < 1.29 is 19.1 Å². The molecule has 2 unspecified atom stereocenters. The van der Waals surface area contributed by atoms with Crippen LogP contribution >= 0.6 is 0 Å². The van der Waals surface area contributed by atoms with Crippen LogP contribution < -0.4 is 10.6 Å². The molecule has 0 aliphatic carbocycles. The Hall–Kier alpha value is -2.83. The van der Waals surface area contributed by atoms with Gasteiger partial charge in [-0.15, -0.1) is 6.58 Å². The van der Waals surface area contributed by atoms with E-state index in [-0.39, 0.29) is 24.3 Å². The highest BCUT2D eigenvalue weighted by Gasteiger charge is 2.36. The van der Waals surface area contributed by atoms with Gasteiger partial charge in [0.2, 0.25) is 11.8 Å². The third kappa shape index (κ3) is 10.8. The number of benzene rings is 1. The van der Waals surface area contributed by atoms with Crippen LogP contribution in [0.2, 0.25) is 0 Å². The van der Waals surface area contributed by atoms with Crippen molar-refractivity contribution in [3.63, 3.8) is 0 Å². The van der Waals surface area contributed by atoms with Crippen LogP contribution in [-0.4, -0.2) is 47.5 Å². The maximum absolute atomic E-state index is 13.9. The molecule has 7 heteroatoms. The summed E-state index contributed by atoms with van der Waals surface area (Å²) < 4.78 is 5.41. The highest BCUT2D eigenvalue weighted by Crippen LogP contribution is 2.24. The summed E-state index contributed by atoms with van der Waals surface area (Å²) in [5.74, 6) is -0.460. The van der Waals surface area contributed by atoms with Crippen molar-refractivity contribution in [2.24, 2.45) is 5.92 Å². The highest BCUT2D eigenvalue weighted by molar-refractivity contribution is 5.92. The number of aryl methyl sites for hydroxylation is 1. The average molecular weight is 502 g/mol. The first kappa shape index (κ1) is 31.2. The lowest BCUT2D eigenvalue weighted by Gasteiger charge is -2.34. The van der Waals surface area contributed by atoms with Crippen molar-refractivity contribution >= 4 is 17.9 Å². The predicted molar refractivity (Wildman–Crippen MR) is 146 cm³/mol. The molecule has 0 aromatic heterocycles. The smallest absolute Gasteiger partial charge is 0.408 e. The number of amides is 3. The van der Waals surface area contributed by atoms with Gasteiger partial charge < -0.3 is 20.3 Å². The molecule has 2 N–H and O–H groups in total. The molecule has 1 aromatic carbocycles. The number of rotatable bonds is 14. The molecule has 0 saturated carbocycles. The van der Waals surface area contributed by atoms with E-state index in [0.717, 1.165) is 36.8 Å². The number of unbranched alkanes of at least 4 members (excludes halogenated alkanes) is 2. The van der Waals surface area contributed by atoms with Crippen molar-refractivity contribution in [3.05, 3.63) is 48.0 Å². The van der Waals surface area contributed by atoms with Crippen molar-refractivity contribution in [2.45, 2.75) is 98.3 Å². The van der Waals surface area contributed by atoms with E-state index in [1.807, 2.05) is 38.1 Å². The lowest BCUT2D eigenvalue weighted by molar-refractivity contribution is -0.142. The molecule has 0 saturated heterocycles. The molecule has 36 heavy (non-hydrogen) atoms. The minimum absolute atomic E-state index is 0.129. The van der Waals surface area contributed by atoms with Gasteiger partial charge in [-0.05, 0) is 57.1 Å². The minimum atomic E-state index is -0.849. The molecule has 0 bridgehead atoms. The Kier molecular flexibility index (Phi) is 13.3. The first-order chi connectivity index (χ1) is 16.9. The number of carbonyl (C=O) groups excluding carboxylic acids is 3. The highest BCUT2D eigenvalue weighted by atomic mass is 16.6. The number of hydrogen-bond acceptors (Lipinski definition) is 4. The molecule has 2 atom stereocenters. The summed E-state index contributed by atoms with van der Waals surface area (Å²) in [6, 6.07) is 6.07. The maximum Gasteiger partial charge on any atom is 0.408 e. The van der Waals surface area contributed by atoms with Gasteiger partial charge >= 0.3 is 6.09 Å². The summed E-state index contributed by atoms with van der Waals surface area (Å²) in [5, 5.41) is 5.76. The van der Waals surface area contributed by atoms with Gasteiger partial charge in [0.25, 0.3) is 0 Å².